The quantitative estimate of drug-likeness (QED) is 0.910. The minimum atomic E-state index is -0.663. The van der Waals surface area contributed by atoms with Crippen molar-refractivity contribution in [3.05, 3.63) is 29.6 Å². The highest BCUT2D eigenvalue weighted by molar-refractivity contribution is 5.94. The van der Waals surface area contributed by atoms with Gasteiger partial charge in [-0.25, -0.2) is 4.39 Å². The van der Waals surface area contributed by atoms with Crippen LogP contribution in [0, 0.1) is 5.82 Å². The monoisotopic (exact) mass is 351 g/mol. The Morgan fingerprint density at radius 2 is 2.08 bits per heavy atom. The molecule has 6 heteroatoms. The third-order valence-corrected chi connectivity index (χ3v) is 5.65. The summed E-state index contributed by atoms with van der Waals surface area (Å²) in [5.74, 6) is -0.591. The molecule has 1 aromatic rings. The summed E-state index contributed by atoms with van der Waals surface area (Å²) in [5.41, 5.74) is -0.682. The molecule has 1 atom stereocenters. The predicted octanol–water partition coefficient (Wildman–Crippen LogP) is 2.76. The van der Waals surface area contributed by atoms with Crippen molar-refractivity contribution >= 4 is 5.91 Å². The molecule has 0 saturated carbocycles. The Balaban J connectivity index is 1.66. The van der Waals surface area contributed by atoms with Crippen LogP contribution in [0.4, 0.5) is 4.39 Å². The fourth-order valence-electron chi connectivity index (χ4n) is 3.92. The minimum absolute atomic E-state index is 0.128. The molecule has 2 saturated heterocycles. The summed E-state index contributed by atoms with van der Waals surface area (Å²) in [7, 11) is 1.39. The minimum Gasteiger partial charge on any atom is -0.494 e. The van der Waals surface area contributed by atoms with E-state index in [1.54, 1.807) is 11.0 Å². The molecular formula is C19H26FNO4. The van der Waals surface area contributed by atoms with Crippen molar-refractivity contribution in [3.8, 4) is 5.75 Å². The van der Waals surface area contributed by atoms with Crippen molar-refractivity contribution in [2.75, 3.05) is 26.8 Å². The third kappa shape index (κ3) is 3.65. The average Bonchev–Trinajstić information content (AvgIpc) is 2.62. The Kier molecular flexibility index (Phi) is 5.02. The molecule has 3 rings (SSSR count). The first kappa shape index (κ1) is 18.1. The van der Waals surface area contributed by atoms with E-state index in [0.29, 0.717) is 57.4 Å². The molecule has 2 heterocycles. The van der Waals surface area contributed by atoms with Crippen molar-refractivity contribution < 1.29 is 23.8 Å². The maximum atomic E-state index is 13.8. The highest BCUT2D eigenvalue weighted by Crippen LogP contribution is 2.41. The molecule has 0 aromatic heterocycles. The lowest BCUT2D eigenvalue weighted by atomic mass is 9.76. The van der Waals surface area contributed by atoms with Gasteiger partial charge in [-0.2, -0.15) is 0 Å². The van der Waals surface area contributed by atoms with Gasteiger partial charge < -0.3 is 19.5 Å². The zero-order chi connectivity index (χ0) is 18.1. The van der Waals surface area contributed by atoms with Crippen LogP contribution >= 0.6 is 0 Å². The van der Waals surface area contributed by atoms with E-state index >= 15 is 0 Å². The van der Waals surface area contributed by atoms with Crippen molar-refractivity contribution in [3.63, 3.8) is 0 Å². The number of ether oxygens (including phenoxy) is 2. The number of nitrogens with zero attached hydrogens (tertiary/aromatic N) is 1. The van der Waals surface area contributed by atoms with Crippen LogP contribution in [0.1, 0.15) is 49.4 Å². The fraction of sp³-hybridized carbons (Fsp3) is 0.632. The maximum absolute atomic E-state index is 13.8. The first-order valence-electron chi connectivity index (χ1n) is 8.89. The number of aliphatic hydroxyl groups is 1. The van der Waals surface area contributed by atoms with Gasteiger partial charge in [0, 0.05) is 25.1 Å². The summed E-state index contributed by atoms with van der Waals surface area (Å²) < 4.78 is 24.7. The number of benzene rings is 1. The van der Waals surface area contributed by atoms with Crippen LogP contribution in [0.3, 0.4) is 0 Å². The van der Waals surface area contributed by atoms with E-state index < -0.39 is 11.4 Å². The van der Waals surface area contributed by atoms with E-state index in [0.717, 1.165) is 0 Å². The van der Waals surface area contributed by atoms with Gasteiger partial charge in [-0.15, -0.1) is 0 Å². The summed E-state index contributed by atoms with van der Waals surface area (Å²) in [6, 6.07) is 4.28. The standard InChI is InChI=1S/C19H26FNO4/c1-3-18(23)8-11-25-19(13-18)6-9-21(10-7-19)17(22)14-4-5-16(24-2)15(20)12-14/h4-5,12,23H,3,6-11,13H2,1-2H3. The van der Waals surface area contributed by atoms with Crippen LogP contribution < -0.4 is 4.74 Å². The van der Waals surface area contributed by atoms with Crippen LogP contribution in [0.15, 0.2) is 18.2 Å². The van der Waals surface area contributed by atoms with Gasteiger partial charge in [-0.1, -0.05) is 6.92 Å². The lowest BCUT2D eigenvalue weighted by Gasteiger charge is -2.49. The number of amides is 1. The van der Waals surface area contributed by atoms with Crippen molar-refractivity contribution in [1.82, 2.24) is 4.90 Å². The normalized spacial score (nSPS) is 25.8. The molecule has 1 aromatic carbocycles. The highest BCUT2D eigenvalue weighted by atomic mass is 19.1. The lowest BCUT2D eigenvalue weighted by molar-refractivity contribution is -0.176. The number of likely N-dealkylation sites (tertiary alicyclic amines) is 1. The molecular weight excluding hydrogens is 325 g/mol. The highest BCUT2D eigenvalue weighted by Gasteiger charge is 2.46. The Morgan fingerprint density at radius 3 is 2.68 bits per heavy atom. The second-order valence-corrected chi connectivity index (χ2v) is 7.18. The van der Waals surface area contributed by atoms with Gasteiger partial charge in [0.05, 0.1) is 24.9 Å². The van der Waals surface area contributed by atoms with Crippen molar-refractivity contribution in [2.24, 2.45) is 0 Å². The molecule has 5 nitrogen and oxygen atoms in total. The van der Waals surface area contributed by atoms with Crippen LogP contribution in [-0.2, 0) is 4.74 Å². The fourth-order valence-corrected chi connectivity index (χ4v) is 3.92. The van der Waals surface area contributed by atoms with E-state index in [-0.39, 0.29) is 17.3 Å². The number of halogens is 1. The molecule has 2 aliphatic heterocycles. The summed E-state index contributed by atoms with van der Waals surface area (Å²) in [4.78, 5) is 14.4. The van der Waals surface area contributed by atoms with Gasteiger partial charge in [0.1, 0.15) is 0 Å². The van der Waals surface area contributed by atoms with Gasteiger partial charge in [0.15, 0.2) is 11.6 Å². The molecule has 0 aliphatic carbocycles. The molecule has 1 N–H and O–H groups in total. The number of hydrogen-bond donors (Lipinski definition) is 1. The Labute approximate surface area is 147 Å². The number of piperidine rings is 1. The maximum Gasteiger partial charge on any atom is 0.253 e. The van der Waals surface area contributed by atoms with Crippen molar-refractivity contribution in [1.29, 1.82) is 0 Å². The molecule has 0 radical (unpaired) electrons. The second kappa shape index (κ2) is 6.92. The van der Waals surface area contributed by atoms with Gasteiger partial charge in [0.2, 0.25) is 0 Å². The molecule has 2 fully saturated rings. The second-order valence-electron chi connectivity index (χ2n) is 7.18. The van der Waals surface area contributed by atoms with Crippen LogP contribution in [0.5, 0.6) is 5.75 Å². The predicted molar refractivity (Wildman–Crippen MR) is 91.2 cm³/mol. The van der Waals surface area contributed by atoms with E-state index in [4.69, 9.17) is 9.47 Å². The smallest absolute Gasteiger partial charge is 0.253 e. The number of carbonyl (C=O) groups excluding carboxylic acids is 1. The Morgan fingerprint density at radius 1 is 1.36 bits per heavy atom. The zero-order valence-electron chi connectivity index (χ0n) is 14.9. The largest absolute Gasteiger partial charge is 0.494 e. The number of methoxy groups -OCH3 is 1. The number of carbonyl (C=O) groups is 1. The molecule has 1 unspecified atom stereocenters. The Bertz CT molecular complexity index is 642. The van der Waals surface area contributed by atoms with Gasteiger partial charge >= 0.3 is 0 Å². The molecule has 1 amide bonds. The average molecular weight is 351 g/mol. The molecule has 25 heavy (non-hydrogen) atoms. The third-order valence-electron chi connectivity index (χ3n) is 5.65. The molecule has 1 spiro atoms. The van der Waals surface area contributed by atoms with Crippen LogP contribution in [0.2, 0.25) is 0 Å². The first-order valence-corrected chi connectivity index (χ1v) is 8.89. The van der Waals surface area contributed by atoms with E-state index in [2.05, 4.69) is 0 Å². The summed E-state index contributed by atoms with van der Waals surface area (Å²) in [6.07, 6.45) is 3.39. The zero-order valence-corrected chi connectivity index (χ0v) is 14.9. The van der Waals surface area contributed by atoms with E-state index in [1.165, 1.54) is 19.2 Å². The molecule has 0 bridgehead atoms. The molecule has 138 valence electrons. The number of rotatable bonds is 3. The van der Waals surface area contributed by atoms with Crippen molar-refractivity contribution in [2.45, 2.75) is 50.2 Å². The topological polar surface area (TPSA) is 59.0 Å². The van der Waals surface area contributed by atoms with Crippen LogP contribution in [0.25, 0.3) is 0 Å². The Hall–Kier alpha value is -1.66. The van der Waals surface area contributed by atoms with Gasteiger partial charge in [0.25, 0.3) is 5.91 Å². The SMILES string of the molecule is CCC1(O)CCOC2(CCN(C(=O)c3ccc(OC)c(F)c3)CC2)C1. The van der Waals surface area contributed by atoms with Gasteiger partial charge in [-0.3, -0.25) is 4.79 Å². The summed E-state index contributed by atoms with van der Waals surface area (Å²) >= 11 is 0. The first-order chi connectivity index (χ1) is 11.9. The van der Waals surface area contributed by atoms with E-state index in [1.807, 2.05) is 6.92 Å². The molecule has 2 aliphatic rings. The summed E-state index contributed by atoms with van der Waals surface area (Å²) in [6.45, 7) is 3.65. The van der Waals surface area contributed by atoms with E-state index in [9.17, 15) is 14.3 Å². The number of hydrogen-bond acceptors (Lipinski definition) is 4. The lowest BCUT2D eigenvalue weighted by Crippen LogP contribution is -2.55. The van der Waals surface area contributed by atoms with Gasteiger partial charge in [-0.05, 0) is 43.9 Å². The summed E-state index contributed by atoms with van der Waals surface area (Å²) in [5, 5.41) is 10.6. The van der Waals surface area contributed by atoms with Crippen LogP contribution in [-0.4, -0.2) is 53.9 Å².